The maximum Gasteiger partial charge on any atom is 0.141 e. The summed E-state index contributed by atoms with van der Waals surface area (Å²) in [5.41, 5.74) is 17.2. The van der Waals surface area contributed by atoms with Crippen molar-refractivity contribution in [2.75, 3.05) is 14.7 Å². The molecule has 7 aromatic carbocycles. The van der Waals surface area contributed by atoms with Crippen LogP contribution in [0.3, 0.4) is 0 Å². The first-order valence-electron chi connectivity index (χ1n) is 24.6. The van der Waals surface area contributed by atoms with Gasteiger partial charge in [-0.1, -0.05) is 170 Å². The van der Waals surface area contributed by atoms with Gasteiger partial charge in [0.05, 0.1) is 17.4 Å². The molecular formula is C67H52N4. The summed E-state index contributed by atoms with van der Waals surface area (Å²) in [5, 5.41) is 4.71. The van der Waals surface area contributed by atoms with E-state index in [0.29, 0.717) is 5.92 Å². The molecule has 0 aliphatic heterocycles. The molecule has 0 spiro atoms. The van der Waals surface area contributed by atoms with E-state index < -0.39 is 0 Å². The molecule has 12 rings (SSSR count). The van der Waals surface area contributed by atoms with Gasteiger partial charge in [-0.3, -0.25) is 0 Å². The van der Waals surface area contributed by atoms with Crippen LogP contribution in [-0.2, 0) is 0 Å². The Hall–Kier alpha value is -8.95. The van der Waals surface area contributed by atoms with Gasteiger partial charge in [0.2, 0.25) is 0 Å². The largest absolute Gasteiger partial charge is 0.319 e. The first kappa shape index (κ1) is 43.3. The summed E-state index contributed by atoms with van der Waals surface area (Å²) < 4.78 is 0. The van der Waals surface area contributed by atoms with Gasteiger partial charge in [-0.05, 0) is 142 Å². The number of nitrogens with zero attached hydrogens (tertiary/aromatic N) is 4. The Bertz CT molecular complexity index is 3620. The summed E-state index contributed by atoms with van der Waals surface area (Å²) in [5.74, 6) is 1.63. The zero-order valence-corrected chi connectivity index (χ0v) is 39.5. The van der Waals surface area contributed by atoms with E-state index in [-0.39, 0.29) is 12.0 Å². The highest BCUT2D eigenvalue weighted by atomic mass is 15.2. The quantitative estimate of drug-likeness (QED) is 0.0732. The number of anilines is 6. The number of rotatable bonds is 11. The third kappa shape index (κ3) is 8.42. The molecule has 71 heavy (non-hydrogen) atoms. The summed E-state index contributed by atoms with van der Waals surface area (Å²) in [7, 11) is 0. The van der Waals surface area contributed by atoms with Gasteiger partial charge in [0.25, 0.3) is 0 Å². The van der Waals surface area contributed by atoms with Gasteiger partial charge in [0.15, 0.2) is 0 Å². The van der Waals surface area contributed by atoms with Gasteiger partial charge in [-0.2, -0.15) is 0 Å². The number of hydrogen-bond acceptors (Lipinski definition) is 4. The molecule has 0 N–H and O–H groups in total. The molecule has 8 aromatic rings. The second-order valence-corrected chi connectivity index (χ2v) is 18.4. The van der Waals surface area contributed by atoms with E-state index in [2.05, 4.69) is 258 Å². The van der Waals surface area contributed by atoms with Crippen LogP contribution in [0, 0.1) is 5.92 Å². The highest BCUT2D eigenvalue weighted by Crippen LogP contribution is 2.47. The third-order valence-corrected chi connectivity index (χ3v) is 14.3. The number of fused-ring (bicyclic) bond motifs is 6. The van der Waals surface area contributed by atoms with Crippen molar-refractivity contribution in [2.24, 2.45) is 5.92 Å². The van der Waals surface area contributed by atoms with Crippen molar-refractivity contribution in [3.63, 3.8) is 0 Å². The van der Waals surface area contributed by atoms with E-state index >= 15 is 0 Å². The lowest BCUT2D eigenvalue weighted by Gasteiger charge is -2.40. The normalized spacial score (nSPS) is 18.1. The zero-order valence-electron chi connectivity index (χ0n) is 39.5. The molecule has 1 aromatic heterocycles. The van der Waals surface area contributed by atoms with E-state index in [9.17, 15) is 0 Å². The minimum atomic E-state index is 0.144. The highest BCUT2D eigenvalue weighted by Gasteiger charge is 2.34. The molecule has 0 radical (unpaired) electrons. The first-order valence-corrected chi connectivity index (χ1v) is 24.6. The highest BCUT2D eigenvalue weighted by molar-refractivity contribution is 5.97. The average molecular weight is 913 g/mol. The van der Waals surface area contributed by atoms with Crippen molar-refractivity contribution in [3.05, 3.63) is 295 Å². The fourth-order valence-corrected chi connectivity index (χ4v) is 10.9. The van der Waals surface area contributed by atoms with E-state index in [4.69, 9.17) is 4.98 Å². The Kier molecular flexibility index (Phi) is 11.7. The topological polar surface area (TPSA) is 22.6 Å². The number of pyridine rings is 1. The molecule has 1 heterocycles. The van der Waals surface area contributed by atoms with Crippen LogP contribution in [-0.4, -0.2) is 11.0 Å². The smallest absolute Gasteiger partial charge is 0.141 e. The lowest BCUT2D eigenvalue weighted by Crippen LogP contribution is -2.36. The van der Waals surface area contributed by atoms with Gasteiger partial charge in [0.1, 0.15) is 5.82 Å². The van der Waals surface area contributed by atoms with Crippen LogP contribution in [0.4, 0.5) is 34.3 Å². The Labute approximate surface area is 416 Å². The zero-order chi connectivity index (χ0) is 47.5. The van der Waals surface area contributed by atoms with Crippen LogP contribution >= 0.6 is 0 Å². The van der Waals surface area contributed by atoms with Crippen molar-refractivity contribution in [1.82, 2.24) is 4.98 Å². The fourth-order valence-electron chi connectivity index (χ4n) is 10.9. The van der Waals surface area contributed by atoms with Crippen LogP contribution in [0.2, 0.25) is 0 Å². The third-order valence-electron chi connectivity index (χ3n) is 14.3. The first-order chi connectivity index (χ1) is 35.2. The molecule has 0 saturated heterocycles. The van der Waals surface area contributed by atoms with Crippen molar-refractivity contribution in [2.45, 2.75) is 24.8 Å². The number of hydrogen-bond donors (Lipinski definition) is 0. The molecule has 2 unspecified atom stereocenters. The van der Waals surface area contributed by atoms with Crippen molar-refractivity contribution >= 4 is 73.5 Å². The number of benzene rings is 7. The second-order valence-electron chi connectivity index (χ2n) is 18.4. The molecule has 4 nitrogen and oxygen atoms in total. The van der Waals surface area contributed by atoms with Crippen LogP contribution in [0.1, 0.15) is 41.0 Å². The molecule has 0 saturated carbocycles. The SMILES string of the molecule is C=C/C(=C\C=C1/CC=Cc2cc(N(c3ccccc3)c3ccc4c(c3)C=CC3C[C@H](N(c5ccccc5)c5nccc6ccccc56)C=CC43)ccc21)N(C1=CC=CC=C=C1)c1cccc2ccccc12. The van der Waals surface area contributed by atoms with Gasteiger partial charge < -0.3 is 14.7 Å². The molecular weight excluding hydrogens is 861 g/mol. The lowest BCUT2D eigenvalue weighted by molar-refractivity contribution is 0.475. The molecule has 4 heteroatoms. The standard InChI is InChI=1S/C67H52N4/c1-2-54(70(56-26-7-3-4-8-27-56)66-32-18-22-48-19-13-15-30-64(48)66)36-35-49-21-17-23-51-45-58(37-40-61(49)51)69(55-24-9-5-10-25-55)59-38-41-62-52(46-59)33-34-53-47-60(39-42-63(53)62)71(57-28-11-6-12-29-57)67-65-31-16-14-20-50(65)43-44-68-67/h2-7,9-20,22-46,53,60,63H,1,21,47H2/b49-35+,54-36+/t53?,60-,63?/m1/s1. The van der Waals surface area contributed by atoms with E-state index in [1.807, 2.05) is 30.5 Å². The summed E-state index contributed by atoms with van der Waals surface area (Å²) in [4.78, 5) is 12.1. The van der Waals surface area contributed by atoms with Crippen LogP contribution in [0.25, 0.3) is 39.3 Å². The summed E-state index contributed by atoms with van der Waals surface area (Å²) in [6.45, 7) is 4.33. The van der Waals surface area contributed by atoms with Crippen LogP contribution in [0.15, 0.2) is 273 Å². The predicted octanol–water partition coefficient (Wildman–Crippen LogP) is 17.3. The second kappa shape index (κ2) is 19.2. The Morgan fingerprint density at radius 2 is 1.38 bits per heavy atom. The van der Waals surface area contributed by atoms with Gasteiger partial charge in [-0.25, -0.2) is 4.98 Å². The molecule has 0 bridgehead atoms. The summed E-state index contributed by atoms with van der Waals surface area (Å²) in [6.07, 6.45) is 34.6. The summed E-state index contributed by atoms with van der Waals surface area (Å²) in [6, 6.07) is 61.3. The molecule has 0 amide bonds. The molecule has 4 aliphatic rings. The minimum absolute atomic E-state index is 0.144. The predicted molar refractivity (Wildman–Crippen MR) is 300 cm³/mol. The minimum Gasteiger partial charge on any atom is -0.319 e. The van der Waals surface area contributed by atoms with Crippen molar-refractivity contribution in [1.29, 1.82) is 0 Å². The number of para-hydroxylation sites is 2. The van der Waals surface area contributed by atoms with Crippen molar-refractivity contribution in [3.8, 4) is 0 Å². The monoisotopic (exact) mass is 912 g/mol. The maximum atomic E-state index is 5.01. The Morgan fingerprint density at radius 3 is 2.21 bits per heavy atom. The van der Waals surface area contributed by atoms with Gasteiger partial charge >= 0.3 is 0 Å². The van der Waals surface area contributed by atoms with E-state index in [0.717, 1.165) is 63.9 Å². The maximum absolute atomic E-state index is 5.01. The number of allylic oxidation sites excluding steroid dienone is 11. The summed E-state index contributed by atoms with van der Waals surface area (Å²) >= 11 is 0. The number of aromatic nitrogens is 1. The van der Waals surface area contributed by atoms with Gasteiger partial charge in [-0.15, -0.1) is 5.73 Å². The van der Waals surface area contributed by atoms with Crippen LogP contribution in [0.5, 0.6) is 0 Å². The molecule has 340 valence electrons. The molecule has 0 fully saturated rings. The molecule has 3 atom stereocenters. The van der Waals surface area contributed by atoms with E-state index in [1.165, 1.54) is 44.0 Å². The lowest BCUT2D eigenvalue weighted by atomic mass is 9.73. The average Bonchev–Trinajstić information content (AvgIpc) is 3.72. The van der Waals surface area contributed by atoms with E-state index in [1.54, 1.807) is 0 Å². The molecule has 4 aliphatic carbocycles. The fraction of sp³-hybridized carbons (Fsp3) is 0.0746. The van der Waals surface area contributed by atoms with Gasteiger partial charge in [0, 0.05) is 57.4 Å². The Morgan fingerprint density at radius 1 is 0.648 bits per heavy atom. The van der Waals surface area contributed by atoms with Crippen molar-refractivity contribution < 1.29 is 0 Å². The van der Waals surface area contributed by atoms with Crippen LogP contribution < -0.4 is 14.7 Å². The Balaban J connectivity index is 0.863.